The fraction of sp³-hybridized carbons (Fsp3) is 0.231. The third kappa shape index (κ3) is 1.61. The lowest BCUT2D eigenvalue weighted by atomic mass is 10.00. The van der Waals surface area contributed by atoms with Gasteiger partial charge in [-0.15, -0.1) is 0 Å². The van der Waals surface area contributed by atoms with Crippen LogP contribution in [0.25, 0.3) is 0 Å². The lowest BCUT2D eigenvalue weighted by molar-refractivity contribution is -0.133. The van der Waals surface area contributed by atoms with Gasteiger partial charge in [0.1, 0.15) is 11.9 Å². The van der Waals surface area contributed by atoms with Crippen molar-refractivity contribution < 1.29 is 4.79 Å². The Morgan fingerprint density at radius 1 is 1.42 bits per heavy atom. The van der Waals surface area contributed by atoms with Crippen molar-refractivity contribution in [3.8, 4) is 6.07 Å². The summed E-state index contributed by atoms with van der Waals surface area (Å²) >= 11 is 6.20. The summed E-state index contributed by atoms with van der Waals surface area (Å²) in [5.41, 5.74) is 7.09. The van der Waals surface area contributed by atoms with Gasteiger partial charge in [-0.3, -0.25) is 4.79 Å². The second-order valence-electron chi connectivity index (χ2n) is 4.45. The SMILES string of the molecule is N#CC1=C(N)N2C(=O)CCN2[C@@H]1c1ccccc1Cl. The molecule has 1 aromatic carbocycles. The minimum Gasteiger partial charge on any atom is -0.383 e. The monoisotopic (exact) mass is 274 g/mol. The number of nitrogens with two attached hydrogens (primary N) is 1. The Balaban J connectivity index is 2.14. The number of halogens is 1. The zero-order valence-corrected chi connectivity index (χ0v) is 10.8. The quantitative estimate of drug-likeness (QED) is 0.843. The molecule has 2 aliphatic rings. The van der Waals surface area contributed by atoms with E-state index in [4.69, 9.17) is 17.3 Å². The fourth-order valence-corrected chi connectivity index (χ4v) is 2.85. The van der Waals surface area contributed by atoms with Crippen molar-refractivity contribution in [2.75, 3.05) is 6.54 Å². The number of hydrazine groups is 1. The molecule has 0 bridgehead atoms. The van der Waals surface area contributed by atoms with E-state index in [2.05, 4.69) is 6.07 Å². The van der Waals surface area contributed by atoms with Gasteiger partial charge in [0.05, 0.1) is 11.6 Å². The van der Waals surface area contributed by atoms with Gasteiger partial charge < -0.3 is 5.73 Å². The predicted octanol–water partition coefficient (Wildman–Crippen LogP) is 1.54. The number of hydrogen-bond donors (Lipinski definition) is 1. The third-order valence-electron chi connectivity index (χ3n) is 3.44. The molecular formula is C13H11ClN4O. The van der Waals surface area contributed by atoms with Gasteiger partial charge in [0, 0.05) is 18.0 Å². The molecule has 0 aliphatic carbocycles. The van der Waals surface area contributed by atoms with E-state index in [1.165, 1.54) is 5.01 Å². The Labute approximate surface area is 115 Å². The molecule has 19 heavy (non-hydrogen) atoms. The number of nitriles is 1. The van der Waals surface area contributed by atoms with Crippen LogP contribution in [0.1, 0.15) is 18.0 Å². The fourth-order valence-electron chi connectivity index (χ4n) is 2.61. The molecule has 0 aromatic heterocycles. The molecule has 2 aliphatic heterocycles. The molecule has 0 spiro atoms. The van der Waals surface area contributed by atoms with Crippen LogP contribution >= 0.6 is 11.6 Å². The number of benzene rings is 1. The van der Waals surface area contributed by atoms with E-state index in [1.807, 2.05) is 18.2 Å². The minimum atomic E-state index is -0.370. The molecule has 3 rings (SSSR count). The second kappa shape index (κ2) is 4.26. The van der Waals surface area contributed by atoms with Crippen LogP contribution in [-0.2, 0) is 4.79 Å². The van der Waals surface area contributed by atoms with E-state index in [0.29, 0.717) is 23.6 Å². The smallest absolute Gasteiger partial charge is 0.244 e. The number of rotatable bonds is 1. The van der Waals surface area contributed by atoms with E-state index < -0.39 is 0 Å². The van der Waals surface area contributed by atoms with Crippen LogP contribution in [0.2, 0.25) is 5.02 Å². The number of carbonyl (C=O) groups is 1. The first-order chi connectivity index (χ1) is 9.15. The normalized spacial score (nSPS) is 22.8. The van der Waals surface area contributed by atoms with Gasteiger partial charge in [-0.05, 0) is 11.6 Å². The maximum atomic E-state index is 11.8. The molecule has 5 nitrogen and oxygen atoms in total. The molecule has 1 saturated heterocycles. The first-order valence-electron chi connectivity index (χ1n) is 5.89. The summed E-state index contributed by atoms with van der Waals surface area (Å²) in [5.74, 6) is 0.134. The van der Waals surface area contributed by atoms with Gasteiger partial charge in [0.2, 0.25) is 5.91 Å². The molecule has 1 amide bonds. The topological polar surface area (TPSA) is 73.4 Å². The Morgan fingerprint density at radius 2 is 2.16 bits per heavy atom. The molecule has 0 unspecified atom stereocenters. The molecule has 1 atom stereocenters. The van der Waals surface area contributed by atoms with Crippen LogP contribution in [0.15, 0.2) is 35.7 Å². The van der Waals surface area contributed by atoms with E-state index in [9.17, 15) is 10.1 Å². The standard InChI is InChI=1S/C13H11ClN4O/c14-10-4-2-1-3-8(10)12-9(7-15)13(16)18-11(19)5-6-17(12)18/h1-4,12H,5-6,16H2/t12-/m1/s1. The molecule has 96 valence electrons. The van der Waals surface area contributed by atoms with Crippen LogP contribution in [0, 0.1) is 11.3 Å². The van der Waals surface area contributed by atoms with Crippen molar-refractivity contribution in [1.29, 1.82) is 5.26 Å². The van der Waals surface area contributed by atoms with Crippen LogP contribution in [0.5, 0.6) is 0 Å². The zero-order chi connectivity index (χ0) is 13.6. The Morgan fingerprint density at radius 3 is 2.84 bits per heavy atom. The van der Waals surface area contributed by atoms with Gasteiger partial charge in [0.25, 0.3) is 0 Å². The maximum Gasteiger partial charge on any atom is 0.244 e. The first-order valence-corrected chi connectivity index (χ1v) is 6.26. The van der Waals surface area contributed by atoms with Crippen molar-refractivity contribution in [3.05, 3.63) is 46.2 Å². The Kier molecular flexibility index (Phi) is 2.70. The third-order valence-corrected chi connectivity index (χ3v) is 3.79. The van der Waals surface area contributed by atoms with Gasteiger partial charge in [-0.2, -0.15) is 10.3 Å². The van der Waals surface area contributed by atoms with Crippen molar-refractivity contribution >= 4 is 17.5 Å². The average molecular weight is 275 g/mol. The number of hydrogen-bond acceptors (Lipinski definition) is 4. The number of fused-ring (bicyclic) bond motifs is 1. The highest BCUT2D eigenvalue weighted by Gasteiger charge is 2.46. The highest BCUT2D eigenvalue weighted by molar-refractivity contribution is 6.31. The number of nitrogens with zero attached hydrogens (tertiary/aromatic N) is 3. The summed E-state index contributed by atoms with van der Waals surface area (Å²) < 4.78 is 0. The highest BCUT2D eigenvalue weighted by Crippen LogP contribution is 2.42. The van der Waals surface area contributed by atoms with Gasteiger partial charge in [-0.1, -0.05) is 29.8 Å². The second-order valence-corrected chi connectivity index (χ2v) is 4.86. The van der Waals surface area contributed by atoms with Crippen LogP contribution in [-0.4, -0.2) is 22.5 Å². The van der Waals surface area contributed by atoms with E-state index in [1.54, 1.807) is 11.1 Å². The van der Waals surface area contributed by atoms with E-state index in [-0.39, 0.29) is 17.8 Å². The van der Waals surface area contributed by atoms with Crippen molar-refractivity contribution in [2.45, 2.75) is 12.5 Å². The molecular weight excluding hydrogens is 264 g/mol. The summed E-state index contributed by atoms with van der Waals surface area (Å²) in [6.07, 6.45) is 0.403. The predicted molar refractivity (Wildman–Crippen MR) is 69.2 cm³/mol. The average Bonchev–Trinajstić information content (AvgIpc) is 2.90. The molecule has 2 heterocycles. The molecule has 0 radical (unpaired) electrons. The lowest BCUT2D eigenvalue weighted by Crippen LogP contribution is -2.36. The van der Waals surface area contributed by atoms with Crippen molar-refractivity contribution in [2.24, 2.45) is 5.73 Å². The van der Waals surface area contributed by atoms with Crippen LogP contribution in [0.3, 0.4) is 0 Å². The number of amides is 1. The maximum absolute atomic E-state index is 11.8. The van der Waals surface area contributed by atoms with Gasteiger partial charge in [-0.25, -0.2) is 5.01 Å². The largest absolute Gasteiger partial charge is 0.383 e. The lowest BCUT2D eigenvalue weighted by Gasteiger charge is -2.26. The van der Waals surface area contributed by atoms with Crippen molar-refractivity contribution in [1.82, 2.24) is 10.0 Å². The van der Waals surface area contributed by atoms with E-state index >= 15 is 0 Å². The highest BCUT2D eigenvalue weighted by atomic mass is 35.5. The first kappa shape index (κ1) is 12.0. The molecule has 1 aromatic rings. The minimum absolute atomic E-state index is 0.0835. The molecule has 2 N–H and O–H groups in total. The van der Waals surface area contributed by atoms with Gasteiger partial charge >= 0.3 is 0 Å². The molecule has 1 fully saturated rings. The number of carbonyl (C=O) groups excluding carboxylic acids is 1. The summed E-state index contributed by atoms with van der Waals surface area (Å²) in [6.45, 7) is 0.542. The summed E-state index contributed by atoms with van der Waals surface area (Å²) in [4.78, 5) is 11.8. The molecule has 0 saturated carbocycles. The zero-order valence-electron chi connectivity index (χ0n) is 10.0. The summed E-state index contributed by atoms with van der Waals surface area (Å²) in [6, 6.07) is 9.03. The summed E-state index contributed by atoms with van der Waals surface area (Å²) in [5, 5.41) is 13.1. The Hall–Kier alpha value is -2.03. The van der Waals surface area contributed by atoms with Crippen molar-refractivity contribution in [3.63, 3.8) is 0 Å². The summed E-state index contributed by atoms with van der Waals surface area (Å²) in [7, 11) is 0. The van der Waals surface area contributed by atoms with E-state index in [0.717, 1.165) is 5.56 Å². The molecule has 6 heteroatoms. The van der Waals surface area contributed by atoms with Crippen LogP contribution < -0.4 is 5.73 Å². The van der Waals surface area contributed by atoms with Gasteiger partial charge in [0.15, 0.2) is 0 Å². The Bertz CT molecular complexity index is 634. The van der Waals surface area contributed by atoms with Crippen LogP contribution in [0.4, 0.5) is 0 Å².